The van der Waals surface area contributed by atoms with Crippen LogP contribution in [0.1, 0.15) is 6.92 Å². The van der Waals surface area contributed by atoms with Crippen LogP contribution in [-0.4, -0.2) is 38.7 Å². The van der Waals surface area contributed by atoms with Crippen molar-refractivity contribution in [2.45, 2.75) is 35.4 Å². The van der Waals surface area contributed by atoms with Crippen molar-refractivity contribution in [3.8, 4) is 0 Å². The van der Waals surface area contributed by atoms with Gasteiger partial charge in [0.1, 0.15) is 16.3 Å². The molecule has 1 saturated heterocycles. The first-order valence-corrected chi connectivity index (χ1v) is 4.70. The first-order chi connectivity index (χ1) is 5.04. The van der Waals surface area contributed by atoms with Gasteiger partial charge >= 0.3 is 0 Å². The van der Waals surface area contributed by atoms with Crippen molar-refractivity contribution < 1.29 is 14.9 Å². The third-order valence-electron chi connectivity index (χ3n) is 1.90. The number of aliphatic hydroxyl groups excluding tert-OH is 2. The van der Waals surface area contributed by atoms with Crippen LogP contribution < -0.4 is 5.73 Å². The Morgan fingerprint density at radius 2 is 1.91 bits per heavy atom. The van der Waals surface area contributed by atoms with Crippen LogP contribution in [0.25, 0.3) is 0 Å². The maximum atomic E-state index is 9.33. The Bertz CT molecular complexity index is 132. The first kappa shape index (κ1) is 9.66. The minimum Gasteiger partial charge on any atom is -0.389 e. The largest absolute Gasteiger partial charge is 0.389 e. The summed E-state index contributed by atoms with van der Waals surface area (Å²) in [6.07, 6.45) is -1.95. The van der Waals surface area contributed by atoms with Gasteiger partial charge in [0.25, 0.3) is 0 Å². The summed E-state index contributed by atoms with van der Waals surface area (Å²) >= 11 is 1.94. The molecular formula is C6H12INO3. The molecule has 1 aliphatic heterocycles. The molecule has 5 heteroatoms. The SMILES string of the molecule is CC1O[C@@H](I)C(O)C(O)[C@@H]1N. The molecule has 0 radical (unpaired) electrons. The zero-order chi connectivity index (χ0) is 8.59. The third-order valence-corrected chi connectivity index (χ3v) is 2.93. The normalized spacial score (nSPS) is 52.6. The quantitative estimate of drug-likeness (QED) is 0.399. The lowest BCUT2D eigenvalue weighted by Gasteiger charge is -2.37. The molecule has 4 N–H and O–H groups in total. The number of rotatable bonds is 0. The molecular weight excluding hydrogens is 261 g/mol. The summed E-state index contributed by atoms with van der Waals surface area (Å²) in [5.74, 6) is 0. The average molecular weight is 273 g/mol. The molecule has 11 heavy (non-hydrogen) atoms. The first-order valence-electron chi connectivity index (χ1n) is 3.45. The van der Waals surface area contributed by atoms with Crippen molar-refractivity contribution in [1.82, 2.24) is 0 Å². The highest BCUT2D eigenvalue weighted by Crippen LogP contribution is 2.23. The predicted octanol–water partition coefficient (Wildman–Crippen LogP) is -0.785. The number of nitrogens with two attached hydrogens (primary N) is 1. The Kier molecular flexibility index (Phi) is 3.10. The van der Waals surface area contributed by atoms with Crippen LogP contribution in [0, 0.1) is 0 Å². The molecule has 0 bridgehead atoms. The molecule has 0 aromatic heterocycles. The standard InChI is InChI=1S/C6H12INO3/c1-2-3(8)4(9)5(10)6(7)11-2/h2-6,9-10H,8H2,1H3/t2?,3-,4?,5?,6-/m1/s1. The van der Waals surface area contributed by atoms with Gasteiger partial charge in [-0.3, -0.25) is 0 Å². The summed E-state index contributed by atoms with van der Waals surface area (Å²) in [4.78, 5) is 0. The predicted molar refractivity (Wildman–Crippen MR) is 48.3 cm³/mol. The van der Waals surface area contributed by atoms with E-state index in [4.69, 9.17) is 10.5 Å². The van der Waals surface area contributed by atoms with E-state index in [1.807, 2.05) is 22.6 Å². The van der Waals surface area contributed by atoms with Crippen LogP contribution in [0.4, 0.5) is 0 Å². The van der Waals surface area contributed by atoms with E-state index in [1.54, 1.807) is 6.92 Å². The van der Waals surface area contributed by atoms with Gasteiger partial charge < -0.3 is 20.7 Å². The summed E-state index contributed by atoms with van der Waals surface area (Å²) < 4.78 is 4.87. The van der Waals surface area contributed by atoms with E-state index in [1.165, 1.54) is 0 Å². The topological polar surface area (TPSA) is 75.7 Å². The van der Waals surface area contributed by atoms with Crippen LogP contribution in [0.2, 0.25) is 0 Å². The highest BCUT2D eigenvalue weighted by Gasteiger charge is 2.39. The molecule has 0 aromatic carbocycles. The van der Waals surface area contributed by atoms with Gasteiger partial charge in [-0.1, -0.05) is 0 Å². The molecule has 5 atom stereocenters. The molecule has 1 fully saturated rings. The number of hydrogen-bond donors (Lipinski definition) is 3. The van der Waals surface area contributed by atoms with Crippen LogP contribution in [0.3, 0.4) is 0 Å². The van der Waals surface area contributed by atoms with Gasteiger partial charge in [-0.15, -0.1) is 0 Å². The van der Waals surface area contributed by atoms with Gasteiger partial charge in [-0.25, -0.2) is 0 Å². The second kappa shape index (κ2) is 3.53. The van der Waals surface area contributed by atoms with E-state index in [0.717, 1.165) is 0 Å². The highest BCUT2D eigenvalue weighted by molar-refractivity contribution is 14.1. The van der Waals surface area contributed by atoms with E-state index in [2.05, 4.69) is 0 Å². The molecule has 0 aliphatic carbocycles. The fourth-order valence-corrected chi connectivity index (χ4v) is 1.93. The zero-order valence-electron chi connectivity index (χ0n) is 6.14. The fourth-order valence-electron chi connectivity index (χ4n) is 1.04. The molecule has 0 amide bonds. The Labute approximate surface area is 78.9 Å². The second-order valence-electron chi connectivity index (χ2n) is 2.75. The van der Waals surface area contributed by atoms with E-state index < -0.39 is 18.2 Å². The van der Waals surface area contributed by atoms with Gasteiger partial charge in [-0.05, 0) is 29.5 Å². The number of alkyl halides is 1. The van der Waals surface area contributed by atoms with Crippen molar-refractivity contribution >= 4 is 22.6 Å². The molecule has 3 unspecified atom stereocenters. The molecule has 66 valence electrons. The van der Waals surface area contributed by atoms with Crippen molar-refractivity contribution in [3.05, 3.63) is 0 Å². The molecule has 1 heterocycles. The number of hydrogen-bond acceptors (Lipinski definition) is 4. The molecule has 0 saturated carbocycles. The fraction of sp³-hybridized carbons (Fsp3) is 1.00. The van der Waals surface area contributed by atoms with Crippen molar-refractivity contribution in [2.75, 3.05) is 0 Å². The maximum absolute atomic E-state index is 9.33. The van der Waals surface area contributed by atoms with Crippen LogP contribution >= 0.6 is 22.6 Å². The van der Waals surface area contributed by atoms with Crippen molar-refractivity contribution in [1.29, 1.82) is 0 Å². The summed E-state index contributed by atoms with van der Waals surface area (Å²) in [7, 11) is 0. The maximum Gasteiger partial charge on any atom is 0.137 e. The van der Waals surface area contributed by atoms with Crippen molar-refractivity contribution in [3.63, 3.8) is 0 Å². The van der Waals surface area contributed by atoms with Crippen LogP contribution in [0.5, 0.6) is 0 Å². The molecule has 0 spiro atoms. The lowest BCUT2D eigenvalue weighted by Crippen LogP contribution is -2.58. The van der Waals surface area contributed by atoms with Crippen LogP contribution in [-0.2, 0) is 4.74 Å². The summed E-state index contributed by atoms with van der Waals surface area (Å²) in [5, 5.41) is 18.6. The van der Waals surface area contributed by atoms with Crippen LogP contribution in [0.15, 0.2) is 0 Å². The number of halogens is 1. The van der Waals surface area contributed by atoms with E-state index in [9.17, 15) is 10.2 Å². The molecule has 1 rings (SSSR count). The van der Waals surface area contributed by atoms with Gasteiger partial charge in [-0.2, -0.15) is 0 Å². The lowest BCUT2D eigenvalue weighted by molar-refractivity contribution is -0.135. The smallest absolute Gasteiger partial charge is 0.137 e. The highest BCUT2D eigenvalue weighted by atomic mass is 127. The van der Waals surface area contributed by atoms with Gasteiger partial charge in [0.2, 0.25) is 0 Å². The average Bonchev–Trinajstić information content (AvgIpc) is 1.97. The summed E-state index contributed by atoms with van der Waals surface area (Å²) in [6, 6.07) is -0.490. The van der Waals surface area contributed by atoms with E-state index in [-0.39, 0.29) is 10.2 Å². The molecule has 0 aromatic rings. The Balaban J connectivity index is 2.63. The monoisotopic (exact) mass is 273 g/mol. The Morgan fingerprint density at radius 1 is 1.36 bits per heavy atom. The van der Waals surface area contributed by atoms with Gasteiger partial charge in [0.15, 0.2) is 0 Å². The number of aliphatic hydroxyl groups is 2. The Hall–Kier alpha value is 0.570. The molecule has 1 aliphatic rings. The third kappa shape index (κ3) is 1.83. The summed E-state index contributed by atoms with van der Waals surface area (Å²) in [6.45, 7) is 1.78. The van der Waals surface area contributed by atoms with Gasteiger partial charge in [0, 0.05) is 0 Å². The minimum atomic E-state index is -0.874. The van der Waals surface area contributed by atoms with E-state index >= 15 is 0 Å². The van der Waals surface area contributed by atoms with Gasteiger partial charge in [0.05, 0.1) is 12.1 Å². The second-order valence-corrected chi connectivity index (χ2v) is 3.98. The lowest BCUT2D eigenvalue weighted by atomic mass is 9.99. The Morgan fingerprint density at radius 3 is 2.45 bits per heavy atom. The zero-order valence-corrected chi connectivity index (χ0v) is 8.30. The number of ether oxygens (including phenoxy) is 1. The summed E-state index contributed by atoms with van der Waals surface area (Å²) in [5.41, 5.74) is 5.54. The molecule has 4 nitrogen and oxygen atoms in total. The van der Waals surface area contributed by atoms with Crippen molar-refractivity contribution in [2.24, 2.45) is 5.73 Å². The van der Waals surface area contributed by atoms with E-state index in [0.29, 0.717) is 0 Å². The minimum absolute atomic E-state index is 0.199.